The second-order valence-corrected chi connectivity index (χ2v) is 14.2. The van der Waals surface area contributed by atoms with Crippen molar-refractivity contribution in [2.24, 2.45) is 0 Å². The molecule has 6 nitrogen and oxygen atoms in total. The molecular formula is C47H79NO5. The quantitative estimate of drug-likeness (QED) is 0.0374. The van der Waals surface area contributed by atoms with Gasteiger partial charge in [0.05, 0.1) is 0 Å². The standard InChI is InChI=1S/C47H79NO5/c1-3-5-7-9-11-13-15-17-18-19-20-21-23-25-27-29-34-38-42-47(52)53-44(40-36-32-30-33-37-41-45(49)48-43-46(50)51)39-35-31-28-26-24-22-16-14-12-10-8-6-4-2/h6,8,12-15,18-19,22,24,28,31,44H,3-5,7,9-11,16-17,20-21,23,25-27,29-30,32-43H2,1-2H3,(H,48,49)(H,50,51)/b8-6-,14-12-,15-13-,19-18-,24-22-,31-28-. The lowest BCUT2D eigenvalue weighted by Gasteiger charge is -2.17. The summed E-state index contributed by atoms with van der Waals surface area (Å²) in [5, 5.41) is 11.1. The normalized spacial score (nSPS) is 12.8. The molecule has 0 fully saturated rings. The third-order valence-electron chi connectivity index (χ3n) is 9.12. The Morgan fingerprint density at radius 3 is 1.51 bits per heavy atom. The molecule has 1 amide bonds. The highest BCUT2D eigenvalue weighted by atomic mass is 16.5. The number of carboxylic acid groups (broad SMARTS) is 1. The van der Waals surface area contributed by atoms with Gasteiger partial charge in [-0.2, -0.15) is 0 Å². The van der Waals surface area contributed by atoms with Gasteiger partial charge < -0.3 is 15.2 Å². The number of amides is 1. The van der Waals surface area contributed by atoms with E-state index in [1.807, 2.05) is 0 Å². The van der Waals surface area contributed by atoms with Gasteiger partial charge in [0.15, 0.2) is 0 Å². The summed E-state index contributed by atoms with van der Waals surface area (Å²) in [6.45, 7) is 4.08. The smallest absolute Gasteiger partial charge is 0.322 e. The first-order chi connectivity index (χ1) is 26.0. The Morgan fingerprint density at radius 1 is 0.509 bits per heavy atom. The van der Waals surface area contributed by atoms with Crippen molar-refractivity contribution in [1.82, 2.24) is 5.32 Å². The number of carboxylic acids is 1. The molecule has 1 unspecified atom stereocenters. The van der Waals surface area contributed by atoms with Crippen molar-refractivity contribution >= 4 is 17.8 Å². The van der Waals surface area contributed by atoms with Gasteiger partial charge in [-0.15, -0.1) is 0 Å². The molecule has 0 bridgehead atoms. The number of hydrogen-bond acceptors (Lipinski definition) is 4. The lowest BCUT2D eigenvalue weighted by molar-refractivity contribution is -0.150. The highest BCUT2D eigenvalue weighted by Crippen LogP contribution is 2.17. The van der Waals surface area contributed by atoms with E-state index in [0.717, 1.165) is 96.3 Å². The van der Waals surface area contributed by atoms with Crippen molar-refractivity contribution in [3.8, 4) is 0 Å². The molecule has 6 heteroatoms. The SMILES string of the molecule is CC/C=C\C/C=C\C/C=C\C/C=C\CCC(CCCCCCCC(=O)NCC(=O)O)OC(=O)CCCCCCCCC/C=C\C/C=C\CCCCCC. The molecule has 0 aromatic carbocycles. The number of carbonyl (C=O) groups excluding carboxylic acids is 2. The zero-order valence-corrected chi connectivity index (χ0v) is 34.1. The predicted molar refractivity (Wildman–Crippen MR) is 226 cm³/mol. The summed E-state index contributed by atoms with van der Waals surface area (Å²) in [4.78, 5) is 35.0. The minimum atomic E-state index is -1.03. The molecule has 0 aromatic rings. The first-order valence-corrected chi connectivity index (χ1v) is 21.6. The Bertz CT molecular complexity index is 1040. The zero-order valence-electron chi connectivity index (χ0n) is 34.1. The van der Waals surface area contributed by atoms with Crippen LogP contribution in [0.25, 0.3) is 0 Å². The molecule has 0 spiro atoms. The molecule has 2 N–H and O–H groups in total. The Hall–Kier alpha value is -3.15. The van der Waals surface area contributed by atoms with Gasteiger partial charge in [0.25, 0.3) is 0 Å². The van der Waals surface area contributed by atoms with E-state index in [1.165, 1.54) is 70.6 Å². The van der Waals surface area contributed by atoms with Gasteiger partial charge in [0.2, 0.25) is 5.91 Å². The molecular weight excluding hydrogens is 659 g/mol. The average molecular weight is 738 g/mol. The maximum Gasteiger partial charge on any atom is 0.322 e. The highest BCUT2D eigenvalue weighted by Gasteiger charge is 2.14. The summed E-state index contributed by atoms with van der Waals surface area (Å²) < 4.78 is 5.99. The van der Waals surface area contributed by atoms with Crippen LogP contribution in [0, 0.1) is 0 Å². The Balaban J connectivity index is 4.28. The lowest BCUT2D eigenvalue weighted by Crippen LogP contribution is -2.28. The largest absolute Gasteiger partial charge is 0.480 e. The Kier molecular flexibility index (Phi) is 39.1. The molecule has 53 heavy (non-hydrogen) atoms. The van der Waals surface area contributed by atoms with Crippen molar-refractivity contribution in [2.75, 3.05) is 6.54 Å². The molecule has 0 saturated heterocycles. The molecule has 0 aliphatic rings. The van der Waals surface area contributed by atoms with Crippen LogP contribution in [-0.4, -0.2) is 35.6 Å². The number of aliphatic carboxylic acids is 1. The van der Waals surface area contributed by atoms with Crippen molar-refractivity contribution in [1.29, 1.82) is 0 Å². The van der Waals surface area contributed by atoms with Gasteiger partial charge in [-0.3, -0.25) is 14.4 Å². The lowest BCUT2D eigenvalue weighted by atomic mass is 10.0. The van der Waals surface area contributed by atoms with Crippen LogP contribution in [0.4, 0.5) is 0 Å². The van der Waals surface area contributed by atoms with Crippen molar-refractivity contribution in [3.63, 3.8) is 0 Å². The van der Waals surface area contributed by atoms with Crippen LogP contribution >= 0.6 is 0 Å². The Labute approximate surface area is 325 Å². The summed E-state index contributed by atoms with van der Waals surface area (Å²) in [6.07, 6.45) is 56.0. The summed E-state index contributed by atoms with van der Waals surface area (Å²) in [6, 6.07) is 0. The first kappa shape index (κ1) is 49.9. The molecule has 0 aromatic heterocycles. The third kappa shape index (κ3) is 41.5. The summed E-state index contributed by atoms with van der Waals surface area (Å²) in [7, 11) is 0. The fraction of sp³-hybridized carbons (Fsp3) is 0.681. The van der Waals surface area contributed by atoms with Gasteiger partial charge in [0, 0.05) is 12.8 Å². The summed E-state index contributed by atoms with van der Waals surface area (Å²) >= 11 is 0. The maximum absolute atomic E-state index is 12.7. The van der Waals surface area contributed by atoms with E-state index in [4.69, 9.17) is 9.84 Å². The topological polar surface area (TPSA) is 92.7 Å². The van der Waals surface area contributed by atoms with Gasteiger partial charge in [0.1, 0.15) is 12.6 Å². The van der Waals surface area contributed by atoms with Crippen LogP contribution in [0.2, 0.25) is 0 Å². The predicted octanol–water partition coefficient (Wildman–Crippen LogP) is 13.4. The van der Waals surface area contributed by atoms with Gasteiger partial charge >= 0.3 is 11.9 Å². The number of unbranched alkanes of at least 4 members (excludes halogenated alkanes) is 15. The minimum absolute atomic E-state index is 0.0583. The number of ether oxygens (including phenoxy) is 1. The minimum Gasteiger partial charge on any atom is -0.480 e. The molecule has 0 rings (SSSR count). The van der Waals surface area contributed by atoms with E-state index in [-0.39, 0.29) is 24.5 Å². The van der Waals surface area contributed by atoms with E-state index < -0.39 is 5.97 Å². The maximum atomic E-state index is 12.7. The molecule has 0 heterocycles. The molecule has 0 aliphatic heterocycles. The molecule has 302 valence electrons. The summed E-state index contributed by atoms with van der Waals surface area (Å²) in [5.41, 5.74) is 0. The van der Waals surface area contributed by atoms with E-state index >= 15 is 0 Å². The fourth-order valence-corrected chi connectivity index (χ4v) is 5.95. The fourth-order valence-electron chi connectivity index (χ4n) is 5.95. The number of carbonyl (C=O) groups is 3. The van der Waals surface area contributed by atoms with E-state index in [0.29, 0.717) is 12.8 Å². The van der Waals surface area contributed by atoms with Crippen LogP contribution < -0.4 is 5.32 Å². The van der Waals surface area contributed by atoms with Crippen LogP contribution in [0.1, 0.15) is 194 Å². The monoisotopic (exact) mass is 738 g/mol. The number of nitrogens with one attached hydrogen (secondary N) is 1. The number of esters is 1. The van der Waals surface area contributed by atoms with Crippen LogP contribution in [0.3, 0.4) is 0 Å². The van der Waals surface area contributed by atoms with Gasteiger partial charge in [-0.05, 0) is 96.3 Å². The highest BCUT2D eigenvalue weighted by molar-refractivity contribution is 5.80. The number of hydrogen-bond donors (Lipinski definition) is 2. The number of allylic oxidation sites excluding steroid dienone is 12. The van der Waals surface area contributed by atoms with Gasteiger partial charge in [-0.1, -0.05) is 157 Å². The molecule has 0 radical (unpaired) electrons. The van der Waals surface area contributed by atoms with Crippen molar-refractivity contribution in [3.05, 3.63) is 72.9 Å². The molecule has 0 saturated carbocycles. The average Bonchev–Trinajstić information content (AvgIpc) is 3.14. The number of rotatable bonds is 38. The Morgan fingerprint density at radius 2 is 0.962 bits per heavy atom. The van der Waals surface area contributed by atoms with E-state index in [2.05, 4.69) is 92.1 Å². The van der Waals surface area contributed by atoms with Gasteiger partial charge in [-0.25, -0.2) is 0 Å². The second-order valence-electron chi connectivity index (χ2n) is 14.2. The third-order valence-corrected chi connectivity index (χ3v) is 9.12. The zero-order chi connectivity index (χ0) is 38.7. The van der Waals surface area contributed by atoms with Crippen LogP contribution in [-0.2, 0) is 19.1 Å². The second kappa shape index (κ2) is 41.6. The first-order valence-electron chi connectivity index (χ1n) is 21.6. The molecule has 0 aliphatic carbocycles. The van der Waals surface area contributed by atoms with Crippen molar-refractivity contribution < 1.29 is 24.2 Å². The van der Waals surface area contributed by atoms with E-state index in [9.17, 15) is 14.4 Å². The van der Waals surface area contributed by atoms with Crippen molar-refractivity contribution in [2.45, 2.75) is 200 Å². The van der Waals surface area contributed by atoms with Crippen LogP contribution in [0.5, 0.6) is 0 Å². The molecule has 1 atom stereocenters. The van der Waals surface area contributed by atoms with E-state index in [1.54, 1.807) is 0 Å². The van der Waals surface area contributed by atoms with Crippen LogP contribution in [0.15, 0.2) is 72.9 Å². The summed E-state index contributed by atoms with van der Waals surface area (Å²) in [5.74, 6) is -1.30.